The van der Waals surface area contributed by atoms with E-state index in [-0.39, 0.29) is 17.4 Å². The molecular weight excluding hydrogens is 444 g/mol. The fourth-order valence-electron chi connectivity index (χ4n) is 4.77. The molecule has 2 amide bonds. The molecule has 1 fully saturated rings. The molecule has 0 aliphatic heterocycles. The van der Waals surface area contributed by atoms with E-state index in [1.807, 2.05) is 19.1 Å². The van der Waals surface area contributed by atoms with Crippen molar-refractivity contribution in [3.05, 3.63) is 40.2 Å². The molecule has 1 aliphatic rings. The first kappa shape index (κ1) is 28.5. The van der Waals surface area contributed by atoms with E-state index in [9.17, 15) is 14.4 Å². The van der Waals surface area contributed by atoms with Crippen LogP contribution in [0.3, 0.4) is 0 Å². The number of pyridine rings is 1. The first-order valence-electron chi connectivity index (χ1n) is 12.9. The molecule has 3 rings (SSSR count). The molecule has 1 heterocycles. The summed E-state index contributed by atoms with van der Waals surface area (Å²) in [7, 11) is 1.00. The minimum absolute atomic E-state index is 0.0658. The largest absolute Gasteiger partial charge is 0.400 e. The number of nitrogens with two attached hydrogens (primary N) is 1. The van der Waals surface area contributed by atoms with Gasteiger partial charge in [-0.2, -0.15) is 0 Å². The average molecular weight is 487 g/mol. The summed E-state index contributed by atoms with van der Waals surface area (Å²) in [4.78, 5) is 40.4. The van der Waals surface area contributed by atoms with Crippen LogP contribution in [0.5, 0.6) is 0 Å². The molecule has 8 nitrogen and oxygen atoms in total. The Morgan fingerprint density at radius 1 is 1.14 bits per heavy atom. The maximum absolute atomic E-state index is 13.0. The predicted octanol–water partition coefficient (Wildman–Crippen LogP) is 3.61. The van der Waals surface area contributed by atoms with Gasteiger partial charge in [0.25, 0.3) is 0 Å². The quantitative estimate of drug-likeness (QED) is 0.309. The number of unbranched alkanes of at least 4 members (excludes halogenated alkanes) is 1. The average Bonchev–Trinajstić information content (AvgIpc) is 2.88. The highest BCUT2D eigenvalue weighted by molar-refractivity contribution is 5.98. The number of anilines is 1. The van der Waals surface area contributed by atoms with Gasteiger partial charge in [-0.15, -0.1) is 0 Å². The van der Waals surface area contributed by atoms with Gasteiger partial charge in [-0.25, -0.2) is 0 Å². The summed E-state index contributed by atoms with van der Waals surface area (Å²) in [6.45, 7) is 2.56. The van der Waals surface area contributed by atoms with Crippen LogP contribution in [0, 0.1) is 5.92 Å². The molecule has 6 N–H and O–H groups in total. The van der Waals surface area contributed by atoms with Gasteiger partial charge >= 0.3 is 0 Å². The van der Waals surface area contributed by atoms with E-state index in [4.69, 9.17) is 10.8 Å². The third kappa shape index (κ3) is 9.11. The number of amides is 2. The molecule has 35 heavy (non-hydrogen) atoms. The minimum atomic E-state index is -0.605. The number of aromatic amines is 1. The highest BCUT2D eigenvalue weighted by Gasteiger charge is 2.22. The Hall–Kier alpha value is -2.71. The summed E-state index contributed by atoms with van der Waals surface area (Å²) >= 11 is 0. The third-order valence-electron chi connectivity index (χ3n) is 6.68. The Bertz CT molecular complexity index is 998. The molecule has 1 saturated carbocycles. The minimum Gasteiger partial charge on any atom is -0.400 e. The lowest BCUT2D eigenvalue weighted by atomic mass is 9.86. The van der Waals surface area contributed by atoms with Crippen LogP contribution in [-0.4, -0.2) is 41.6 Å². The lowest BCUT2D eigenvalue weighted by Gasteiger charge is -2.22. The molecule has 0 saturated heterocycles. The molecule has 1 atom stereocenters. The lowest BCUT2D eigenvalue weighted by Crippen LogP contribution is -2.44. The maximum atomic E-state index is 13.0. The second kappa shape index (κ2) is 15.3. The second-order valence-corrected chi connectivity index (χ2v) is 9.21. The highest BCUT2D eigenvalue weighted by atomic mass is 16.2. The lowest BCUT2D eigenvalue weighted by molar-refractivity contribution is -0.126. The van der Waals surface area contributed by atoms with E-state index in [1.165, 1.54) is 32.1 Å². The summed E-state index contributed by atoms with van der Waals surface area (Å²) in [5.74, 6) is 0.317. The number of aryl methyl sites for hydroxylation is 1. The van der Waals surface area contributed by atoms with Crippen LogP contribution in [-0.2, 0) is 16.0 Å². The van der Waals surface area contributed by atoms with E-state index in [2.05, 4.69) is 15.6 Å². The number of carbonyl (C=O) groups is 2. The summed E-state index contributed by atoms with van der Waals surface area (Å²) < 4.78 is 0. The van der Waals surface area contributed by atoms with Crippen LogP contribution in [0.15, 0.2) is 29.1 Å². The van der Waals surface area contributed by atoms with Gasteiger partial charge in [-0.3, -0.25) is 14.4 Å². The van der Waals surface area contributed by atoms with Crippen LogP contribution < -0.4 is 21.9 Å². The van der Waals surface area contributed by atoms with Crippen LogP contribution in [0.25, 0.3) is 10.9 Å². The first-order valence-corrected chi connectivity index (χ1v) is 12.9. The maximum Gasteiger partial charge on any atom is 0.248 e. The number of carbonyl (C=O) groups excluding carboxylic acids is 2. The fourth-order valence-corrected chi connectivity index (χ4v) is 4.77. The van der Waals surface area contributed by atoms with E-state index in [1.54, 1.807) is 12.1 Å². The fraction of sp³-hybridized carbons (Fsp3) is 0.593. The molecule has 1 aliphatic carbocycles. The van der Waals surface area contributed by atoms with Crippen molar-refractivity contribution in [2.45, 2.75) is 83.6 Å². The third-order valence-corrected chi connectivity index (χ3v) is 6.68. The van der Waals surface area contributed by atoms with Gasteiger partial charge in [0, 0.05) is 30.7 Å². The zero-order valence-electron chi connectivity index (χ0n) is 21.2. The predicted molar refractivity (Wildman–Crippen MR) is 141 cm³/mol. The monoisotopic (exact) mass is 486 g/mol. The molecular formula is C27H42N4O4. The SMILES string of the molecule is CCc1cc(=O)[nH]c2cc(NC(=O)C(CCCCN)NC(=O)CCC3CCCCC3)ccc12.CO. The number of aromatic nitrogens is 1. The van der Waals surface area contributed by atoms with Crippen molar-refractivity contribution >= 4 is 28.4 Å². The molecule has 0 radical (unpaired) electrons. The molecule has 8 heteroatoms. The summed E-state index contributed by atoms with van der Waals surface area (Å²) in [5.41, 5.74) is 7.71. The number of hydrogen-bond acceptors (Lipinski definition) is 5. The van der Waals surface area contributed by atoms with Gasteiger partial charge < -0.3 is 26.5 Å². The van der Waals surface area contributed by atoms with Crippen molar-refractivity contribution in [1.82, 2.24) is 10.3 Å². The molecule has 0 spiro atoms. The zero-order chi connectivity index (χ0) is 25.6. The van der Waals surface area contributed by atoms with Crippen molar-refractivity contribution in [3.8, 4) is 0 Å². The van der Waals surface area contributed by atoms with Crippen molar-refractivity contribution in [2.75, 3.05) is 19.0 Å². The second-order valence-electron chi connectivity index (χ2n) is 9.21. The zero-order valence-corrected chi connectivity index (χ0v) is 21.2. The number of aliphatic hydroxyl groups excluding tert-OH is 1. The van der Waals surface area contributed by atoms with Gasteiger partial charge in [-0.05, 0) is 62.3 Å². The van der Waals surface area contributed by atoms with Crippen molar-refractivity contribution in [1.29, 1.82) is 0 Å². The van der Waals surface area contributed by atoms with Crippen LogP contribution in [0.4, 0.5) is 5.69 Å². The Labute approximate surface area is 208 Å². The molecule has 0 bridgehead atoms. The topological polar surface area (TPSA) is 137 Å². The standard InChI is InChI=1S/C26H38N4O3.CH4O/c1-2-19-16-25(32)30-23-17-20(12-13-21(19)23)28-26(33)22(10-6-7-15-27)29-24(31)14-11-18-8-4-3-5-9-18;1-2/h12-13,16-18,22H,2-11,14-15,27H2,1H3,(H,28,33)(H,29,31)(H,30,32);2H,1H3. The van der Waals surface area contributed by atoms with Gasteiger partial charge in [0.15, 0.2) is 0 Å². The van der Waals surface area contributed by atoms with E-state index in [0.29, 0.717) is 36.5 Å². The Balaban J connectivity index is 0.00000210. The normalized spacial score (nSPS) is 14.6. The van der Waals surface area contributed by atoms with Crippen LogP contribution in [0.1, 0.15) is 76.7 Å². The van der Waals surface area contributed by atoms with Crippen molar-refractivity contribution < 1.29 is 14.7 Å². The molecule has 2 aromatic rings. The number of nitrogens with one attached hydrogen (secondary N) is 3. The van der Waals surface area contributed by atoms with Crippen molar-refractivity contribution in [2.24, 2.45) is 11.7 Å². The smallest absolute Gasteiger partial charge is 0.248 e. The molecule has 1 aromatic carbocycles. The first-order chi connectivity index (χ1) is 17.0. The van der Waals surface area contributed by atoms with Crippen molar-refractivity contribution in [3.63, 3.8) is 0 Å². The van der Waals surface area contributed by atoms with E-state index in [0.717, 1.165) is 43.7 Å². The summed E-state index contributed by atoms with van der Waals surface area (Å²) in [5, 5.41) is 13.8. The van der Waals surface area contributed by atoms with Gasteiger partial charge in [0.1, 0.15) is 6.04 Å². The molecule has 194 valence electrons. The summed E-state index contributed by atoms with van der Waals surface area (Å²) in [6, 6.07) is 6.52. The molecule has 1 unspecified atom stereocenters. The molecule has 1 aromatic heterocycles. The van der Waals surface area contributed by atoms with Crippen LogP contribution in [0.2, 0.25) is 0 Å². The Morgan fingerprint density at radius 2 is 1.89 bits per heavy atom. The van der Waals surface area contributed by atoms with Gasteiger partial charge in [0.2, 0.25) is 17.4 Å². The Morgan fingerprint density at radius 3 is 2.57 bits per heavy atom. The highest BCUT2D eigenvalue weighted by Crippen LogP contribution is 2.27. The van der Waals surface area contributed by atoms with E-state index < -0.39 is 6.04 Å². The number of H-pyrrole nitrogens is 1. The number of rotatable bonds is 11. The number of fused-ring (bicyclic) bond motifs is 1. The number of aliphatic hydroxyl groups is 1. The Kier molecular flexibility index (Phi) is 12.5. The summed E-state index contributed by atoms with van der Waals surface area (Å²) in [6.07, 6.45) is 10.4. The van der Waals surface area contributed by atoms with Gasteiger partial charge in [-0.1, -0.05) is 45.1 Å². The number of benzene rings is 1. The van der Waals surface area contributed by atoms with Gasteiger partial charge in [0.05, 0.1) is 5.52 Å². The van der Waals surface area contributed by atoms with E-state index >= 15 is 0 Å². The number of hydrogen-bond donors (Lipinski definition) is 5. The van der Waals surface area contributed by atoms with Crippen LogP contribution >= 0.6 is 0 Å².